The van der Waals surface area contributed by atoms with E-state index < -0.39 is 0 Å². The van der Waals surface area contributed by atoms with Gasteiger partial charge in [-0.2, -0.15) is 0 Å². The Labute approximate surface area is 97.4 Å². The SMILES string of the molecule is N[C@@H]1CC[C@H]2CCN(Cc3ccccc3)[C@H]21. The lowest BCUT2D eigenvalue weighted by atomic mass is 10.0. The molecule has 0 amide bonds. The van der Waals surface area contributed by atoms with Gasteiger partial charge in [-0.3, -0.25) is 4.90 Å². The Balaban J connectivity index is 1.72. The normalized spacial score (nSPS) is 34.2. The molecule has 2 fully saturated rings. The summed E-state index contributed by atoms with van der Waals surface area (Å²) < 4.78 is 0. The first-order chi connectivity index (χ1) is 7.84. The maximum atomic E-state index is 6.22. The Kier molecular flexibility index (Phi) is 2.70. The summed E-state index contributed by atoms with van der Waals surface area (Å²) >= 11 is 0. The summed E-state index contributed by atoms with van der Waals surface area (Å²) in [5, 5.41) is 0. The molecule has 1 saturated heterocycles. The first-order valence-corrected chi connectivity index (χ1v) is 6.38. The Morgan fingerprint density at radius 1 is 1.12 bits per heavy atom. The fourth-order valence-corrected chi connectivity index (χ4v) is 3.46. The summed E-state index contributed by atoms with van der Waals surface area (Å²) in [5.74, 6) is 0.874. The fourth-order valence-electron chi connectivity index (χ4n) is 3.46. The van der Waals surface area contributed by atoms with Crippen LogP contribution in [0.3, 0.4) is 0 Å². The third-order valence-corrected chi connectivity index (χ3v) is 4.23. The zero-order valence-corrected chi connectivity index (χ0v) is 9.68. The number of rotatable bonds is 2. The molecule has 2 heteroatoms. The molecule has 1 aliphatic carbocycles. The van der Waals surface area contributed by atoms with Gasteiger partial charge >= 0.3 is 0 Å². The molecule has 1 aliphatic heterocycles. The number of hydrogen-bond acceptors (Lipinski definition) is 2. The third kappa shape index (κ3) is 1.76. The van der Waals surface area contributed by atoms with E-state index in [9.17, 15) is 0 Å². The molecule has 86 valence electrons. The van der Waals surface area contributed by atoms with Gasteiger partial charge < -0.3 is 5.73 Å². The lowest BCUT2D eigenvalue weighted by molar-refractivity contribution is 0.216. The van der Waals surface area contributed by atoms with Crippen LogP contribution in [0.5, 0.6) is 0 Å². The van der Waals surface area contributed by atoms with Crippen molar-refractivity contribution in [1.82, 2.24) is 4.90 Å². The Morgan fingerprint density at radius 3 is 2.75 bits per heavy atom. The highest BCUT2D eigenvalue weighted by molar-refractivity contribution is 5.15. The van der Waals surface area contributed by atoms with Gasteiger partial charge in [0, 0.05) is 18.6 Å². The van der Waals surface area contributed by atoms with E-state index in [1.165, 1.54) is 31.4 Å². The molecule has 3 atom stereocenters. The molecule has 0 spiro atoms. The van der Waals surface area contributed by atoms with E-state index in [4.69, 9.17) is 5.73 Å². The van der Waals surface area contributed by atoms with Crippen molar-refractivity contribution < 1.29 is 0 Å². The molecule has 0 bridgehead atoms. The average molecular weight is 216 g/mol. The lowest BCUT2D eigenvalue weighted by Crippen LogP contribution is -2.42. The first kappa shape index (κ1) is 10.3. The van der Waals surface area contributed by atoms with Crippen LogP contribution in [0.4, 0.5) is 0 Å². The van der Waals surface area contributed by atoms with E-state index in [0.29, 0.717) is 12.1 Å². The van der Waals surface area contributed by atoms with E-state index >= 15 is 0 Å². The molecule has 2 aliphatic rings. The number of fused-ring (bicyclic) bond motifs is 1. The second kappa shape index (κ2) is 4.19. The number of nitrogens with zero attached hydrogens (tertiary/aromatic N) is 1. The highest BCUT2D eigenvalue weighted by Crippen LogP contribution is 2.37. The minimum Gasteiger partial charge on any atom is -0.326 e. The molecule has 16 heavy (non-hydrogen) atoms. The topological polar surface area (TPSA) is 29.3 Å². The van der Waals surface area contributed by atoms with Gasteiger partial charge in [-0.05, 0) is 37.3 Å². The summed E-state index contributed by atoms with van der Waals surface area (Å²) in [4.78, 5) is 2.59. The Morgan fingerprint density at radius 2 is 1.94 bits per heavy atom. The van der Waals surface area contributed by atoms with Gasteiger partial charge in [0.25, 0.3) is 0 Å². The van der Waals surface area contributed by atoms with Crippen LogP contribution in [0.15, 0.2) is 30.3 Å². The third-order valence-electron chi connectivity index (χ3n) is 4.23. The van der Waals surface area contributed by atoms with Crippen LogP contribution >= 0.6 is 0 Å². The van der Waals surface area contributed by atoms with E-state index in [0.717, 1.165) is 12.5 Å². The second-order valence-corrected chi connectivity index (χ2v) is 5.24. The predicted octanol–water partition coefficient (Wildman–Crippen LogP) is 2.00. The minimum atomic E-state index is 0.413. The maximum absolute atomic E-state index is 6.22. The highest BCUT2D eigenvalue weighted by Gasteiger charge is 2.42. The monoisotopic (exact) mass is 216 g/mol. The van der Waals surface area contributed by atoms with Crippen molar-refractivity contribution in [3.8, 4) is 0 Å². The van der Waals surface area contributed by atoms with Crippen molar-refractivity contribution in [2.45, 2.75) is 37.9 Å². The van der Waals surface area contributed by atoms with Crippen LogP contribution in [0, 0.1) is 5.92 Å². The average Bonchev–Trinajstić information content (AvgIpc) is 2.86. The van der Waals surface area contributed by atoms with Gasteiger partial charge in [0.2, 0.25) is 0 Å². The molecule has 0 aromatic heterocycles. The summed E-state index contributed by atoms with van der Waals surface area (Å²) in [6.07, 6.45) is 3.92. The number of hydrogen-bond donors (Lipinski definition) is 1. The summed E-state index contributed by atoms with van der Waals surface area (Å²) in [6, 6.07) is 11.8. The molecule has 2 nitrogen and oxygen atoms in total. The van der Waals surface area contributed by atoms with Crippen molar-refractivity contribution in [1.29, 1.82) is 0 Å². The van der Waals surface area contributed by atoms with Gasteiger partial charge in [-0.1, -0.05) is 30.3 Å². The predicted molar refractivity (Wildman–Crippen MR) is 66.0 cm³/mol. The van der Waals surface area contributed by atoms with E-state index in [-0.39, 0.29) is 0 Å². The summed E-state index contributed by atoms with van der Waals surface area (Å²) in [5.41, 5.74) is 7.64. The molecule has 1 heterocycles. The first-order valence-electron chi connectivity index (χ1n) is 6.38. The van der Waals surface area contributed by atoms with Gasteiger partial charge in [-0.25, -0.2) is 0 Å². The molecule has 2 N–H and O–H groups in total. The molecule has 1 aromatic carbocycles. The quantitative estimate of drug-likeness (QED) is 0.819. The van der Waals surface area contributed by atoms with Crippen molar-refractivity contribution >= 4 is 0 Å². The molecule has 1 aromatic rings. The largest absolute Gasteiger partial charge is 0.326 e. The van der Waals surface area contributed by atoms with Crippen LogP contribution in [0.25, 0.3) is 0 Å². The maximum Gasteiger partial charge on any atom is 0.0279 e. The Bertz CT molecular complexity index is 349. The second-order valence-electron chi connectivity index (χ2n) is 5.24. The molecule has 0 radical (unpaired) electrons. The molecule has 3 rings (SSSR count). The van der Waals surface area contributed by atoms with E-state index in [2.05, 4.69) is 35.2 Å². The smallest absolute Gasteiger partial charge is 0.0279 e. The summed E-state index contributed by atoms with van der Waals surface area (Å²) in [6.45, 7) is 2.31. The standard InChI is InChI=1S/C14H20N2/c15-13-7-6-12-8-9-16(14(12)13)10-11-4-2-1-3-5-11/h1-5,12-14H,6-10,15H2/t12-,13+,14+/m0/s1. The molecular weight excluding hydrogens is 196 g/mol. The van der Waals surface area contributed by atoms with Gasteiger partial charge in [0.1, 0.15) is 0 Å². The van der Waals surface area contributed by atoms with Crippen LogP contribution < -0.4 is 5.73 Å². The van der Waals surface area contributed by atoms with Gasteiger partial charge in [-0.15, -0.1) is 0 Å². The van der Waals surface area contributed by atoms with Gasteiger partial charge in [0.15, 0.2) is 0 Å². The van der Waals surface area contributed by atoms with E-state index in [1.807, 2.05) is 0 Å². The molecule has 0 unspecified atom stereocenters. The van der Waals surface area contributed by atoms with Crippen LogP contribution in [0.2, 0.25) is 0 Å². The van der Waals surface area contributed by atoms with Crippen LogP contribution in [-0.2, 0) is 6.54 Å². The van der Waals surface area contributed by atoms with Crippen molar-refractivity contribution in [2.24, 2.45) is 11.7 Å². The van der Waals surface area contributed by atoms with E-state index in [1.54, 1.807) is 0 Å². The zero-order chi connectivity index (χ0) is 11.0. The molecule has 1 saturated carbocycles. The van der Waals surface area contributed by atoms with Crippen molar-refractivity contribution in [3.05, 3.63) is 35.9 Å². The number of benzene rings is 1. The van der Waals surface area contributed by atoms with Crippen molar-refractivity contribution in [2.75, 3.05) is 6.54 Å². The molecular formula is C14H20N2. The Hall–Kier alpha value is -0.860. The number of nitrogens with two attached hydrogens (primary N) is 1. The lowest BCUT2D eigenvalue weighted by Gasteiger charge is -2.27. The van der Waals surface area contributed by atoms with Crippen LogP contribution in [0.1, 0.15) is 24.8 Å². The zero-order valence-electron chi connectivity index (χ0n) is 9.68. The van der Waals surface area contributed by atoms with Gasteiger partial charge in [0.05, 0.1) is 0 Å². The fraction of sp³-hybridized carbons (Fsp3) is 0.571. The minimum absolute atomic E-state index is 0.413. The number of likely N-dealkylation sites (tertiary alicyclic amines) is 1. The summed E-state index contributed by atoms with van der Waals surface area (Å²) in [7, 11) is 0. The highest BCUT2D eigenvalue weighted by atomic mass is 15.2. The van der Waals surface area contributed by atoms with Crippen LogP contribution in [-0.4, -0.2) is 23.5 Å². The van der Waals surface area contributed by atoms with Crippen molar-refractivity contribution in [3.63, 3.8) is 0 Å².